The summed E-state index contributed by atoms with van der Waals surface area (Å²) in [4.78, 5) is 0. The molecule has 0 saturated heterocycles. The minimum Gasteiger partial charge on any atom is -0.229 e. The first kappa shape index (κ1) is 17.1. The van der Waals surface area contributed by atoms with Crippen LogP contribution in [-0.2, 0) is 15.3 Å². The van der Waals surface area contributed by atoms with Crippen LogP contribution in [0.1, 0.15) is 18.9 Å². The Hall–Kier alpha value is 0.0600. The molecule has 1 aromatic carbocycles. The van der Waals surface area contributed by atoms with Crippen molar-refractivity contribution >= 4 is 41.7 Å². The van der Waals surface area contributed by atoms with Crippen molar-refractivity contribution in [2.45, 2.75) is 18.8 Å². The van der Waals surface area contributed by atoms with E-state index in [0.717, 1.165) is 5.56 Å². The third-order valence-corrected chi connectivity index (χ3v) is 7.13. The van der Waals surface area contributed by atoms with Crippen molar-refractivity contribution in [1.82, 2.24) is 0 Å². The Bertz CT molecular complexity index is 513. The van der Waals surface area contributed by atoms with E-state index in [1.807, 2.05) is 6.07 Å². The molecule has 6 heteroatoms. The minimum absolute atomic E-state index is 0.108. The summed E-state index contributed by atoms with van der Waals surface area (Å²) in [6, 6.07) is 6.35. The Morgan fingerprint density at radius 1 is 1.26 bits per heavy atom. The molecule has 0 amide bonds. The van der Waals surface area contributed by atoms with Gasteiger partial charge in [-0.1, -0.05) is 50.9 Å². The average Bonchev–Trinajstić information content (AvgIpc) is 2.41. The SMILES string of the molecule is CCS(=O)(=O)CCC(CBr)(CBr)c1cccc(F)c1. The van der Waals surface area contributed by atoms with Crippen molar-refractivity contribution in [2.24, 2.45) is 0 Å². The second-order valence-corrected chi connectivity index (χ2v) is 8.14. The highest BCUT2D eigenvalue weighted by molar-refractivity contribution is 9.09. The van der Waals surface area contributed by atoms with Gasteiger partial charge >= 0.3 is 0 Å². The zero-order valence-electron chi connectivity index (χ0n) is 10.7. The Balaban J connectivity index is 3.04. The molecule has 0 radical (unpaired) electrons. The first-order chi connectivity index (χ1) is 8.89. The van der Waals surface area contributed by atoms with Crippen LogP contribution in [0.2, 0.25) is 0 Å². The molecule has 0 bridgehead atoms. The van der Waals surface area contributed by atoms with Gasteiger partial charge in [0.1, 0.15) is 15.7 Å². The van der Waals surface area contributed by atoms with Crippen LogP contribution in [0.3, 0.4) is 0 Å². The van der Waals surface area contributed by atoms with E-state index in [2.05, 4.69) is 31.9 Å². The third-order valence-electron chi connectivity index (χ3n) is 3.28. The van der Waals surface area contributed by atoms with Crippen LogP contribution in [0.5, 0.6) is 0 Å². The Kier molecular flexibility index (Phi) is 6.47. The van der Waals surface area contributed by atoms with Gasteiger partial charge in [0, 0.05) is 21.8 Å². The molecule has 0 saturated carbocycles. The fourth-order valence-electron chi connectivity index (χ4n) is 1.78. The van der Waals surface area contributed by atoms with Gasteiger partial charge in [-0.05, 0) is 24.1 Å². The van der Waals surface area contributed by atoms with Gasteiger partial charge in [-0.15, -0.1) is 0 Å². The maximum absolute atomic E-state index is 13.4. The van der Waals surface area contributed by atoms with Crippen LogP contribution in [0.15, 0.2) is 24.3 Å². The molecular formula is C13H17Br2FO2S. The quantitative estimate of drug-likeness (QED) is 0.636. The molecule has 0 aromatic heterocycles. The highest BCUT2D eigenvalue weighted by atomic mass is 79.9. The van der Waals surface area contributed by atoms with Gasteiger partial charge in [-0.3, -0.25) is 0 Å². The van der Waals surface area contributed by atoms with Crippen molar-refractivity contribution in [3.05, 3.63) is 35.6 Å². The molecule has 0 N–H and O–H groups in total. The molecule has 0 atom stereocenters. The van der Waals surface area contributed by atoms with Crippen LogP contribution < -0.4 is 0 Å². The third kappa shape index (κ3) is 4.53. The maximum atomic E-state index is 13.4. The lowest BCUT2D eigenvalue weighted by atomic mass is 9.82. The predicted molar refractivity (Wildman–Crippen MR) is 84.6 cm³/mol. The van der Waals surface area contributed by atoms with Crippen molar-refractivity contribution in [3.63, 3.8) is 0 Å². The second-order valence-electron chi connectivity index (χ2n) is 4.54. The molecule has 0 spiro atoms. The van der Waals surface area contributed by atoms with Crippen LogP contribution in [0.25, 0.3) is 0 Å². The van der Waals surface area contributed by atoms with Gasteiger partial charge in [0.15, 0.2) is 0 Å². The van der Waals surface area contributed by atoms with E-state index in [0.29, 0.717) is 17.1 Å². The van der Waals surface area contributed by atoms with Crippen molar-refractivity contribution < 1.29 is 12.8 Å². The Morgan fingerprint density at radius 3 is 2.37 bits per heavy atom. The van der Waals surface area contributed by atoms with E-state index in [9.17, 15) is 12.8 Å². The largest absolute Gasteiger partial charge is 0.229 e. The van der Waals surface area contributed by atoms with Crippen LogP contribution >= 0.6 is 31.9 Å². The standard InChI is InChI=1S/C13H17Br2FO2S/c1-2-19(17,18)7-6-13(9-14,10-15)11-4-3-5-12(16)8-11/h3-5,8H,2,6-7,9-10H2,1H3. The van der Waals surface area contributed by atoms with Crippen molar-refractivity contribution in [1.29, 1.82) is 0 Å². The summed E-state index contributed by atoms with van der Waals surface area (Å²) < 4.78 is 36.7. The van der Waals surface area contributed by atoms with Gasteiger partial charge in [0.2, 0.25) is 0 Å². The number of benzene rings is 1. The summed E-state index contributed by atoms with van der Waals surface area (Å²) in [5, 5.41) is 1.15. The predicted octanol–water partition coefficient (Wildman–Crippen LogP) is 3.68. The van der Waals surface area contributed by atoms with Crippen LogP contribution in [0.4, 0.5) is 4.39 Å². The fourth-order valence-corrected chi connectivity index (χ4v) is 4.91. The molecule has 0 unspecified atom stereocenters. The van der Waals surface area contributed by atoms with Crippen molar-refractivity contribution in [2.75, 3.05) is 22.2 Å². The summed E-state index contributed by atoms with van der Waals surface area (Å²) >= 11 is 6.87. The number of sulfone groups is 1. The number of halogens is 3. The highest BCUT2D eigenvalue weighted by Crippen LogP contribution is 2.33. The molecule has 1 aromatic rings. The van der Waals surface area contributed by atoms with E-state index in [4.69, 9.17) is 0 Å². The normalized spacial score (nSPS) is 12.6. The van der Waals surface area contributed by atoms with Crippen LogP contribution in [-0.4, -0.2) is 30.6 Å². The Morgan fingerprint density at radius 2 is 1.89 bits per heavy atom. The second kappa shape index (κ2) is 7.18. The first-order valence-corrected chi connectivity index (χ1v) is 10.0. The lowest BCUT2D eigenvalue weighted by Crippen LogP contribution is -2.33. The molecule has 2 nitrogen and oxygen atoms in total. The molecule has 1 rings (SSSR count). The lowest BCUT2D eigenvalue weighted by Gasteiger charge is -2.30. The smallest absolute Gasteiger partial charge is 0.150 e. The molecule has 0 aliphatic heterocycles. The molecule has 0 heterocycles. The van der Waals surface area contributed by atoms with Gasteiger partial charge < -0.3 is 0 Å². The molecule has 108 valence electrons. The fraction of sp³-hybridized carbons (Fsp3) is 0.538. The van der Waals surface area contributed by atoms with E-state index in [1.54, 1.807) is 13.0 Å². The van der Waals surface area contributed by atoms with Gasteiger partial charge in [-0.2, -0.15) is 0 Å². The number of rotatable bonds is 7. The first-order valence-electron chi connectivity index (χ1n) is 5.97. The maximum Gasteiger partial charge on any atom is 0.150 e. The van der Waals surface area contributed by atoms with Gasteiger partial charge in [0.05, 0.1) is 5.75 Å². The van der Waals surface area contributed by atoms with Crippen LogP contribution in [0, 0.1) is 5.82 Å². The number of hydrogen-bond acceptors (Lipinski definition) is 2. The molecular weight excluding hydrogens is 399 g/mol. The van der Waals surface area contributed by atoms with E-state index in [1.165, 1.54) is 12.1 Å². The van der Waals surface area contributed by atoms with E-state index < -0.39 is 15.3 Å². The minimum atomic E-state index is -3.03. The van der Waals surface area contributed by atoms with Gasteiger partial charge in [-0.25, -0.2) is 12.8 Å². The molecule has 0 aliphatic rings. The lowest BCUT2D eigenvalue weighted by molar-refractivity contribution is 0.517. The Labute approximate surface area is 131 Å². The van der Waals surface area contributed by atoms with Crippen molar-refractivity contribution in [3.8, 4) is 0 Å². The van der Waals surface area contributed by atoms with Gasteiger partial charge in [0.25, 0.3) is 0 Å². The monoisotopic (exact) mass is 414 g/mol. The number of hydrogen-bond donors (Lipinski definition) is 0. The molecule has 0 fully saturated rings. The topological polar surface area (TPSA) is 34.1 Å². The zero-order valence-corrected chi connectivity index (χ0v) is 14.7. The molecule has 0 aliphatic carbocycles. The summed E-state index contributed by atoms with van der Waals surface area (Å²) in [7, 11) is -3.03. The van der Waals surface area contributed by atoms with E-state index >= 15 is 0 Å². The van der Waals surface area contributed by atoms with E-state index in [-0.39, 0.29) is 17.3 Å². The zero-order chi connectivity index (χ0) is 14.5. The highest BCUT2D eigenvalue weighted by Gasteiger charge is 2.31. The summed E-state index contributed by atoms with van der Waals surface area (Å²) in [5.74, 6) is -0.0595. The molecule has 19 heavy (non-hydrogen) atoms. The average molecular weight is 416 g/mol. The number of alkyl halides is 2. The summed E-state index contributed by atoms with van der Waals surface area (Å²) in [5.41, 5.74) is 0.400. The summed E-state index contributed by atoms with van der Waals surface area (Å²) in [6.45, 7) is 1.64. The summed E-state index contributed by atoms with van der Waals surface area (Å²) in [6.07, 6.45) is 0.461.